The highest BCUT2D eigenvalue weighted by Gasteiger charge is 2.21. The van der Waals surface area contributed by atoms with Gasteiger partial charge in [0.05, 0.1) is 0 Å². The van der Waals surface area contributed by atoms with Crippen LogP contribution >= 0.6 is 11.8 Å². The maximum Gasteiger partial charge on any atom is 0.323 e. The van der Waals surface area contributed by atoms with Crippen molar-refractivity contribution in [1.82, 2.24) is 0 Å². The minimum absolute atomic E-state index is 0.121. The number of ether oxygens (including phenoxy) is 1. The van der Waals surface area contributed by atoms with E-state index in [1.807, 2.05) is 11.8 Å². The summed E-state index contributed by atoms with van der Waals surface area (Å²) >= 11 is 1.88. The molecule has 1 rings (SSSR count). The van der Waals surface area contributed by atoms with E-state index in [1.54, 1.807) is 0 Å². The highest BCUT2D eigenvalue weighted by Crippen LogP contribution is 2.22. The number of rotatable bonds is 7. The van der Waals surface area contributed by atoms with Gasteiger partial charge in [0.15, 0.2) is 0 Å². The van der Waals surface area contributed by atoms with Gasteiger partial charge in [0.25, 0.3) is 0 Å². The predicted molar refractivity (Wildman–Crippen MR) is 87.0 cm³/mol. The van der Waals surface area contributed by atoms with E-state index in [0.29, 0.717) is 5.41 Å². The molecule has 0 radical (unpaired) electrons. The summed E-state index contributed by atoms with van der Waals surface area (Å²) in [5, 5.41) is 0. The summed E-state index contributed by atoms with van der Waals surface area (Å²) in [7, 11) is 0. The maximum atomic E-state index is 11.9. The zero-order chi connectivity index (χ0) is 15.0. The number of hydrogen-bond acceptors (Lipinski definition) is 4. The molecule has 3 nitrogen and oxygen atoms in total. The van der Waals surface area contributed by atoms with Crippen molar-refractivity contribution in [2.45, 2.75) is 77.9 Å². The standard InChI is InChI=1S/C16H31NO2S/c1-16(2,3)10-12-20-11-9-14(17)15(18)19-13-7-5-4-6-8-13/h13-14H,4-12,17H2,1-3H3. The summed E-state index contributed by atoms with van der Waals surface area (Å²) in [5.74, 6) is 1.87. The molecule has 0 bridgehead atoms. The second-order valence-corrected chi connectivity index (χ2v) is 8.24. The van der Waals surface area contributed by atoms with Gasteiger partial charge in [-0.2, -0.15) is 11.8 Å². The largest absolute Gasteiger partial charge is 0.461 e. The second kappa shape index (κ2) is 8.93. The van der Waals surface area contributed by atoms with Crippen molar-refractivity contribution in [2.75, 3.05) is 11.5 Å². The lowest BCUT2D eigenvalue weighted by atomic mass is 9.94. The quantitative estimate of drug-likeness (QED) is 0.575. The van der Waals surface area contributed by atoms with E-state index in [1.165, 1.54) is 25.7 Å². The van der Waals surface area contributed by atoms with Gasteiger partial charge in [0, 0.05) is 0 Å². The van der Waals surface area contributed by atoms with E-state index in [-0.39, 0.29) is 12.1 Å². The van der Waals surface area contributed by atoms with E-state index in [4.69, 9.17) is 10.5 Å². The Hall–Kier alpha value is -0.220. The van der Waals surface area contributed by atoms with Gasteiger partial charge in [-0.05, 0) is 55.4 Å². The molecule has 1 aliphatic carbocycles. The molecule has 2 N–H and O–H groups in total. The minimum Gasteiger partial charge on any atom is -0.461 e. The summed E-state index contributed by atoms with van der Waals surface area (Å²) in [6.45, 7) is 6.75. The van der Waals surface area contributed by atoms with E-state index in [9.17, 15) is 4.79 Å². The second-order valence-electron chi connectivity index (χ2n) is 7.02. The van der Waals surface area contributed by atoms with Crippen molar-refractivity contribution in [3.8, 4) is 0 Å². The van der Waals surface area contributed by atoms with Gasteiger partial charge >= 0.3 is 5.97 Å². The zero-order valence-electron chi connectivity index (χ0n) is 13.3. The number of hydrogen-bond donors (Lipinski definition) is 1. The Morgan fingerprint density at radius 3 is 2.50 bits per heavy atom. The fraction of sp³-hybridized carbons (Fsp3) is 0.938. The zero-order valence-corrected chi connectivity index (χ0v) is 14.1. The van der Waals surface area contributed by atoms with Gasteiger partial charge in [0.2, 0.25) is 0 Å². The molecule has 1 fully saturated rings. The molecule has 1 atom stereocenters. The van der Waals surface area contributed by atoms with Crippen molar-refractivity contribution in [3.05, 3.63) is 0 Å². The first-order valence-corrected chi connectivity index (χ1v) is 9.08. The van der Waals surface area contributed by atoms with E-state index >= 15 is 0 Å². The molecule has 1 saturated carbocycles. The van der Waals surface area contributed by atoms with Gasteiger partial charge in [-0.25, -0.2) is 0 Å². The molecule has 0 spiro atoms. The fourth-order valence-corrected chi connectivity index (χ4v) is 3.62. The Kier molecular flexibility index (Phi) is 7.96. The van der Waals surface area contributed by atoms with Crippen LogP contribution in [0.15, 0.2) is 0 Å². The first-order chi connectivity index (χ1) is 9.38. The van der Waals surface area contributed by atoms with Crippen molar-refractivity contribution < 1.29 is 9.53 Å². The molecule has 1 aliphatic rings. The summed E-state index contributed by atoms with van der Waals surface area (Å²) in [6.07, 6.45) is 7.68. The Bertz CT molecular complexity index is 283. The molecule has 20 heavy (non-hydrogen) atoms. The molecule has 0 heterocycles. The topological polar surface area (TPSA) is 52.3 Å². The van der Waals surface area contributed by atoms with Gasteiger partial charge in [0.1, 0.15) is 12.1 Å². The third kappa shape index (κ3) is 8.15. The van der Waals surface area contributed by atoms with Crippen LogP contribution in [0.3, 0.4) is 0 Å². The average molecular weight is 301 g/mol. The van der Waals surface area contributed by atoms with Crippen molar-refractivity contribution in [1.29, 1.82) is 0 Å². The van der Waals surface area contributed by atoms with Crippen LogP contribution in [0.1, 0.15) is 65.7 Å². The van der Waals surface area contributed by atoms with Gasteiger partial charge in [-0.15, -0.1) is 0 Å². The van der Waals surface area contributed by atoms with Crippen molar-refractivity contribution in [2.24, 2.45) is 11.1 Å². The lowest BCUT2D eigenvalue weighted by Crippen LogP contribution is -2.36. The van der Waals surface area contributed by atoms with Crippen LogP contribution in [0.5, 0.6) is 0 Å². The SMILES string of the molecule is CC(C)(C)CCSCCC(N)C(=O)OC1CCCCC1. The normalized spacial score (nSPS) is 18.8. The Morgan fingerprint density at radius 2 is 1.90 bits per heavy atom. The number of carbonyl (C=O) groups excluding carboxylic acids is 1. The van der Waals surface area contributed by atoms with Crippen LogP contribution < -0.4 is 5.73 Å². The minimum atomic E-state index is -0.445. The average Bonchev–Trinajstić information content (AvgIpc) is 2.38. The van der Waals surface area contributed by atoms with Gasteiger partial charge < -0.3 is 10.5 Å². The lowest BCUT2D eigenvalue weighted by Gasteiger charge is -2.23. The first kappa shape index (κ1) is 17.8. The number of esters is 1. The smallest absolute Gasteiger partial charge is 0.323 e. The molecule has 0 saturated heterocycles. The van der Waals surface area contributed by atoms with E-state index in [2.05, 4.69) is 20.8 Å². The van der Waals surface area contributed by atoms with Crippen molar-refractivity contribution >= 4 is 17.7 Å². The molecule has 0 aliphatic heterocycles. The maximum absolute atomic E-state index is 11.9. The third-order valence-electron chi connectivity index (χ3n) is 3.71. The Morgan fingerprint density at radius 1 is 1.25 bits per heavy atom. The van der Waals surface area contributed by atoms with Crippen LogP contribution in [0, 0.1) is 5.41 Å². The van der Waals surface area contributed by atoms with Gasteiger partial charge in [-0.1, -0.05) is 27.2 Å². The molecular weight excluding hydrogens is 270 g/mol. The lowest BCUT2D eigenvalue weighted by molar-refractivity contribution is -0.152. The highest BCUT2D eigenvalue weighted by molar-refractivity contribution is 7.99. The third-order valence-corrected chi connectivity index (χ3v) is 4.72. The molecule has 0 aromatic carbocycles. The fourth-order valence-electron chi connectivity index (χ4n) is 2.24. The van der Waals surface area contributed by atoms with E-state index in [0.717, 1.165) is 30.8 Å². The highest BCUT2D eigenvalue weighted by atomic mass is 32.2. The van der Waals surface area contributed by atoms with Gasteiger partial charge in [-0.3, -0.25) is 4.79 Å². The van der Waals surface area contributed by atoms with Crippen LogP contribution in [-0.4, -0.2) is 29.6 Å². The molecular formula is C16H31NO2S. The molecule has 0 aromatic heterocycles. The van der Waals surface area contributed by atoms with Crippen LogP contribution in [0.4, 0.5) is 0 Å². The molecule has 1 unspecified atom stereocenters. The number of carbonyl (C=O) groups is 1. The first-order valence-electron chi connectivity index (χ1n) is 7.92. The Labute approximate surface area is 128 Å². The Balaban J connectivity index is 2.08. The summed E-state index contributed by atoms with van der Waals surface area (Å²) in [5.41, 5.74) is 6.30. The molecule has 0 aromatic rings. The molecule has 118 valence electrons. The number of nitrogens with two attached hydrogens (primary N) is 1. The predicted octanol–water partition coefficient (Wildman–Crippen LogP) is 3.75. The van der Waals surface area contributed by atoms with Crippen LogP contribution in [0.25, 0.3) is 0 Å². The number of thioether (sulfide) groups is 1. The summed E-state index contributed by atoms with van der Waals surface area (Å²) in [4.78, 5) is 11.9. The summed E-state index contributed by atoms with van der Waals surface area (Å²) < 4.78 is 5.49. The molecule has 4 heteroatoms. The monoisotopic (exact) mass is 301 g/mol. The van der Waals surface area contributed by atoms with Crippen molar-refractivity contribution in [3.63, 3.8) is 0 Å². The molecule has 0 amide bonds. The van der Waals surface area contributed by atoms with E-state index < -0.39 is 6.04 Å². The van der Waals surface area contributed by atoms with Crippen LogP contribution in [-0.2, 0) is 9.53 Å². The summed E-state index contributed by atoms with van der Waals surface area (Å²) in [6, 6.07) is -0.445. The van der Waals surface area contributed by atoms with Crippen LogP contribution in [0.2, 0.25) is 0 Å².